The van der Waals surface area contributed by atoms with E-state index in [-0.39, 0.29) is 29.5 Å². The van der Waals surface area contributed by atoms with E-state index in [0.29, 0.717) is 44.2 Å². The SMILES string of the molecule is CCOC(=O)N1CCN(C(=O)c2cc(C)nc(Nc3ccc(F)cc3)n2)CC1. The lowest BCUT2D eigenvalue weighted by Crippen LogP contribution is -2.50. The summed E-state index contributed by atoms with van der Waals surface area (Å²) in [6, 6.07) is 7.41. The van der Waals surface area contributed by atoms with Crippen molar-refractivity contribution in [3.8, 4) is 0 Å². The second-order valence-corrected chi connectivity index (χ2v) is 6.33. The summed E-state index contributed by atoms with van der Waals surface area (Å²) >= 11 is 0. The molecule has 148 valence electrons. The van der Waals surface area contributed by atoms with Gasteiger partial charge in [-0.05, 0) is 44.2 Å². The van der Waals surface area contributed by atoms with E-state index < -0.39 is 0 Å². The molecule has 2 amide bonds. The number of anilines is 2. The molecule has 0 bridgehead atoms. The third-order valence-electron chi connectivity index (χ3n) is 4.27. The lowest BCUT2D eigenvalue weighted by atomic mass is 10.2. The summed E-state index contributed by atoms with van der Waals surface area (Å²) in [4.78, 5) is 36.4. The van der Waals surface area contributed by atoms with Gasteiger partial charge in [0.05, 0.1) is 6.61 Å². The second-order valence-electron chi connectivity index (χ2n) is 6.33. The quantitative estimate of drug-likeness (QED) is 0.868. The third kappa shape index (κ3) is 4.73. The van der Waals surface area contributed by atoms with Crippen molar-refractivity contribution in [1.29, 1.82) is 0 Å². The molecule has 1 N–H and O–H groups in total. The fourth-order valence-corrected chi connectivity index (χ4v) is 2.87. The smallest absolute Gasteiger partial charge is 0.409 e. The standard InChI is InChI=1S/C19H22FN5O3/c1-3-28-19(27)25-10-8-24(9-11-25)17(26)16-12-13(2)21-18(23-16)22-15-6-4-14(20)5-7-15/h4-7,12H,3,8-11H2,1-2H3,(H,21,22,23). The Morgan fingerprint density at radius 3 is 2.39 bits per heavy atom. The van der Waals surface area contributed by atoms with Gasteiger partial charge >= 0.3 is 6.09 Å². The van der Waals surface area contributed by atoms with E-state index in [2.05, 4.69) is 15.3 Å². The monoisotopic (exact) mass is 387 g/mol. The zero-order valence-electron chi connectivity index (χ0n) is 15.8. The number of benzene rings is 1. The Labute approximate surface area is 162 Å². The average molecular weight is 387 g/mol. The van der Waals surface area contributed by atoms with Crippen molar-refractivity contribution in [2.75, 3.05) is 38.1 Å². The number of rotatable bonds is 4. The van der Waals surface area contributed by atoms with Crippen molar-refractivity contribution in [1.82, 2.24) is 19.8 Å². The van der Waals surface area contributed by atoms with E-state index >= 15 is 0 Å². The van der Waals surface area contributed by atoms with Crippen molar-refractivity contribution in [3.63, 3.8) is 0 Å². The predicted octanol–water partition coefficient (Wildman–Crippen LogP) is 2.58. The molecule has 2 aromatic rings. The highest BCUT2D eigenvalue weighted by Crippen LogP contribution is 2.16. The molecule has 1 aliphatic heterocycles. The van der Waals surface area contributed by atoms with Gasteiger partial charge in [-0.25, -0.2) is 19.2 Å². The molecule has 0 saturated carbocycles. The molecule has 8 nitrogen and oxygen atoms in total. The molecule has 1 aromatic carbocycles. The molecular weight excluding hydrogens is 365 g/mol. The molecule has 1 aliphatic rings. The molecule has 1 fully saturated rings. The maximum atomic E-state index is 13.0. The van der Waals surface area contributed by atoms with Crippen LogP contribution in [0.1, 0.15) is 23.1 Å². The van der Waals surface area contributed by atoms with Crippen LogP contribution in [0, 0.1) is 12.7 Å². The Hall–Kier alpha value is -3.23. The Morgan fingerprint density at radius 2 is 1.75 bits per heavy atom. The van der Waals surface area contributed by atoms with Crippen LogP contribution in [-0.4, -0.2) is 64.6 Å². The van der Waals surface area contributed by atoms with Gasteiger partial charge in [-0.1, -0.05) is 0 Å². The first-order chi connectivity index (χ1) is 13.5. The van der Waals surface area contributed by atoms with Crippen LogP contribution >= 0.6 is 0 Å². The van der Waals surface area contributed by atoms with Gasteiger partial charge in [0, 0.05) is 37.6 Å². The average Bonchev–Trinajstić information content (AvgIpc) is 2.69. The Kier molecular flexibility index (Phi) is 6.03. The van der Waals surface area contributed by atoms with E-state index in [1.807, 2.05) is 0 Å². The maximum absolute atomic E-state index is 13.0. The van der Waals surface area contributed by atoms with E-state index in [0.717, 1.165) is 0 Å². The molecule has 0 spiro atoms. The van der Waals surface area contributed by atoms with Crippen LogP contribution in [0.5, 0.6) is 0 Å². The van der Waals surface area contributed by atoms with Crippen molar-refractivity contribution < 1.29 is 18.7 Å². The number of piperazine rings is 1. The van der Waals surface area contributed by atoms with Gasteiger partial charge in [0.15, 0.2) is 0 Å². The van der Waals surface area contributed by atoms with Crippen LogP contribution in [0.4, 0.5) is 20.8 Å². The number of amides is 2. The molecular formula is C19H22FN5O3. The normalized spacial score (nSPS) is 14.0. The molecule has 0 aliphatic carbocycles. The molecule has 28 heavy (non-hydrogen) atoms. The van der Waals surface area contributed by atoms with Crippen LogP contribution in [0.25, 0.3) is 0 Å². The van der Waals surface area contributed by atoms with Crippen molar-refractivity contribution in [2.24, 2.45) is 0 Å². The Bertz CT molecular complexity index is 851. The van der Waals surface area contributed by atoms with Gasteiger partial charge < -0.3 is 19.9 Å². The first-order valence-corrected chi connectivity index (χ1v) is 9.05. The molecule has 3 rings (SSSR count). The van der Waals surface area contributed by atoms with Gasteiger partial charge in [0.25, 0.3) is 5.91 Å². The number of hydrogen-bond donors (Lipinski definition) is 1. The Balaban J connectivity index is 1.68. The first kappa shape index (κ1) is 19.5. The second kappa shape index (κ2) is 8.64. The number of nitrogens with one attached hydrogen (secondary N) is 1. The van der Waals surface area contributed by atoms with Gasteiger partial charge in [0.2, 0.25) is 5.95 Å². The number of hydrogen-bond acceptors (Lipinski definition) is 6. The van der Waals surface area contributed by atoms with Gasteiger partial charge in [-0.3, -0.25) is 4.79 Å². The van der Waals surface area contributed by atoms with Crippen LogP contribution < -0.4 is 5.32 Å². The maximum Gasteiger partial charge on any atom is 0.409 e. The minimum Gasteiger partial charge on any atom is -0.450 e. The van der Waals surface area contributed by atoms with Crippen LogP contribution in [0.3, 0.4) is 0 Å². The lowest BCUT2D eigenvalue weighted by Gasteiger charge is -2.33. The van der Waals surface area contributed by atoms with E-state index in [1.165, 1.54) is 12.1 Å². The molecule has 0 radical (unpaired) electrons. The summed E-state index contributed by atoms with van der Waals surface area (Å²) in [6.45, 7) is 5.48. The molecule has 2 heterocycles. The molecule has 1 saturated heterocycles. The first-order valence-electron chi connectivity index (χ1n) is 9.05. The highest BCUT2D eigenvalue weighted by Gasteiger charge is 2.26. The minimum absolute atomic E-state index is 0.226. The van der Waals surface area contributed by atoms with Crippen molar-refractivity contribution in [3.05, 3.63) is 47.5 Å². The summed E-state index contributed by atoms with van der Waals surface area (Å²) in [6.07, 6.45) is -0.363. The van der Waals surface area contributed by atoms with Gasteiger partial charge in [-0.15, -0.1) is 0 Å². The fourth-order valence-electron chi connectivity index (χ4n) is 2.87. The van der Waals surface area contributed by atoms with Crippen molar-refractivity contribution in [2.45, 2.75) is 13.8 Å². The van der Waals surface area contributed by atoms with Crippen LogP contribution in [-0.2, 0) is 4.74 Å². The van der Waals surface area contributed by atoms with Crippen LogP contribution in [0.2, 0.25) is 0 Å². The highest BCUT2D eigenvalue weighted by atomic mass is 19.1. The van der Waals surface area contributed by atoms with E-state index in [1.54, 1.807) is 41.8 Å². The number of carbonyl (C=O) groups is 2. The van der Waals surface area contributed by atoms with E-state index in [9.17, 15) is 14.0 Å². The predicted molar refractivity (Wildman–Crippen MR) is 101 cm³/mol. The summed E-state index contributed by atoms with van der Waals surface area (Å²) in [5.41, 5.74) is 1.52. The summed E-state index contributed by atoms with van der Waals surface area (Å²) in [5, 5.41) is 2.98. The number of aromatic nitrogens is 2. The topological polar surface area (TPSA) is 87.7 Å². The number of aryl methyl sites for hydroxylation is 1. The van der Waals surface area contributed by atoms with Gasteiger partial charge in [-0.2, -0.15) is 0 Å². The third-order valence-corrected chi connectivity index (χ3v) is 4.27. The largest absolute Gasteiger partial charge is 0.450 e. The van der Waals surface area contributed by atoms with E-state index in [4.69, 9.17) is 4.74 Å². The summed E-state index contributed by atoms with van der Waals surface area (Å²) in [7, 11) is 0. The number of halogens is 1. The molecule has 9 heteroatoms. The van der Waals surface area contributed by atoms with Crippen LogP contribution in [0.15, 0.2) is 30.3 Å². The lowest BCUT2D eigenvalue weighted by molar-refractivity contribution is 0.0566. The number of ether oxygens (including phenoxy) is 1. The molecule has 1 aromatic heterocycles. The number of nitrogens with zero attached hydrogens (tertiary/aromatic N) is 4. The Morgan fingerprint density at radius 1 is 1.11 bits per heavy atom. The zero-order valence-corrected chi connectivity index (χ0v) is 15.8. The zero-order chi connectivity index (χ0) is 20.1. The van der Waals surface area contributed by atoms with Crippen molar-refractivity contribution >= 4 is 23.6 Å². The summed E-state index contributed by atoms with van der Waals surface area (Å²) in [5.74, 6) is -0.301. The fraction of sp³-hybridized carbons (Fsp3) is 0.368. The van der Waals surface area contributed by atoms with Gasteiger partial charge in [0.1, 0.15) is 11.5 Å². The number of carbonyl (C=O) groups excluding carboxylic acids is 2. The molecule has 0 atom stereocenters. The summed E-state index contributed by atoms with van der Waals surface area (Å²) < 4.78 is 18.0. The molecule has 0 unspecified atom stereocenters. The highest BCUT2D eigenvalue weighted by molar-refractivity contribution is 5.93. The minimum atomic E-state index is -0.363.